The number of ether oxygens (including phenoxy) is 1. The molecular formula is C20H26N2O5. The molecule has 0 amide bonds. The number of aliphatic hydroxyl groups excluding tert-OH is 3. The Morgan fingerprint density at radius 2 is 1.89 bits per heavy atom. The number of rotatable bonds is 8. The van der Waals surface area contributed by atoms with Gasteiger partial charge in [0.2, 0.25) is 0 Å². The molecular weight excluding hydrogens is 348 g/mol. The van der Waals surface area contributed by atoms with Crippen molar-refractivity contribution in [3.8, 4) is 11.1 Å². The van der Waals surface area contributed by atoms with E-state index in [9.17, 15) is 20.1 Å². The minimum absolute atomic E-state index is 0.190. The van der Waals surface area contributed by atoms with Crippen LogP contribution in [-0.2, 0) is 31.1 Å². The average molecular weight is 374 g/mol. The Labute approximate surface area is 157 Å². The molecule has 1 aromatic heterocycles. The summed E-state index contributed by atoms with van der Waals surface area (Å²) in [7, 11) is 0. The molecule has 3 rings (SSSR count). The third-order valence-electron chi connectivity index (χ3n) is 5.07. The van der Waals surface area contributed by atoms with Crippen LogP contribution >= 0.6 is 0 Å². The van der Waals surface area contributed by atoms with E-state index in [2.05, 4.69) is 4.98 Å². The molecule has 1 aromatic carbocycles. The molecule has 146 valence electrons. The first-order valence-corrected chi connectivity index (χ1v) is 9.19. The normalized spacial score (nSPS) is 13.8. The van der Waals surface area contributed by atoms with Crippen molar-refractivity contribution < 1.29 is 24.9 Å². The number of aromatic amines is 1. The maximum atomic E-state index is 12.5. The van der Waals surface area contributed by atoms with Crippen LogP contribution in [0.25, 0.3) is 11.1 Å². The lowest BCUT2D eigenvalue weighted by atomic mass is 9.89. The molecule has 1 aliphatic rings. The van der Waals surface area contributed by atoms with Gasteiger partial charge in [0, 0.05) is 17.8 Å². The number of aliphatic hydroxyl groups is 3. The predicted octanol–water partition coefficient (Wildman–Crippen LogP) is 1.67. The van der Waals surface area contributed by atoms with Gasteiger partial charge in [0.15, 0.2) is 0 Å². The van der Waals surface area contributed by atoms with Gasteiger partial charge in [-0.2, -0.15) is 0 Å². The summed E-state index contributed by atoms with van der Waals surface area (Å²) >= 11 is 0. The molecule has 0 saturated heterocycles. The van der Waals surface area contributed by atoms with Gasteiger partial charge in [0.05, 0.1) is 26.4 Å². The van der Waals surface area contributed by atoms with Gasteiger partial charge in [-0.1, -0.05) is 12.1 Å². The van der Waals surface area contributed by atoms with Gasteiger partial charge in [-0.3, -0.25) is 0 Å². The topological polar surface area (TPSA) is 129 Å². The molecule has 27 heavy (non-hydrogen) atoms. The molecule has 7 nitrogen and oxygen atoms in total. The molecule has 1 heterocycles. The smallest absolute Gasteiger partial charge is 0.355 e. The second-order valence-corrected chi connectivity index (χ2v) is 6.67. The zero-order valence-corrected chi connectivity index (χ0v) is 15.4. The fourth-order valence-corrected chi connectivity index (χ4v) is 3.67. The Morgan fingerprint density at radius 1 is 1.19 bits per heavy atom. The summed E-state index contributed by atoms with van der Waals surface area (Å²) in [4.78, 5) is 15.6. The first-order chi connectivity index (χ1) is 13.1. The number of carbonyl (C=O) groups is 1. The predicted molar refractivity (Wildman–Crippen MR) is 99.8 cm³/mol. The summed E-state index contributed by atoms with van der Waals surface area (Å²) in [5, 5.41) is 29.3. The molecule has 1 aliphatic carbocycles. The van der Waals surface area contributed by atoms with E-state index in [4.69, 9.17) is 10.5 Å². The first-order valence-electron chi connectivity index (χ1n) is 9.19. The van der Waals surface area contributed by atoms with Crippen molar-refractivity contribution in [1.29, 1.82) is 0 Å². The van der Waals surface area contributed by atoms with Gasteiger partial charge < -0.3 is 30.8 Å². The lowest BCUT2D eigenvalue weighted by molar-refractivity contribution is 0.0518. The van der Waals surface area contributed by atoms with E-state index in [1.54, 1.807) is 19.1 Å². The van der Waals surface area contributed by atoms with Crippen molar-refractivity contribution >= 4 is 5.97 Å². The zero-order valence-electron chi connectivity index (χ0n) is 15.4. The second kappa shape index (κ2) is 8.22. The number of H-pyrrole nitrogens is 1. The third kappa shape index (κ3) is 3.51. The minimum atomic E-state index is -0.416. The average Bonchev–Trinajstić information content (AvgIpc) is 3.46. The lowest BCUT2D eigenvalue weighted by Crippen LogP contribution is -2.08. The summed E-state index contributed by atoms with van der Waals surface area (Å²) in [6.07, 6.45) is 1.94. The summed E-state index contributed by atoms with van der Waals surface area (Å²) in [5.74, 6) is -0.183. The first kappa shape index (κ1) is 19.6. The maximum absolute atomic E-state index is 12.5. The van der Waals surface area contributed by atoms with E-state index in [-0.39, 0.29) is 38.9 Å². The Bertz CT molecular complexity index is 839. The van der Waals surface area contributed by atoms with Crippen molar-refractivity contribution in [3.63, 3.8) is 0 Å². The molecule has 7 heteroatoms. The minimum Gasteiger partial charge on any atom is -0.461 e. The van der Waals surface area contributed by atoms with Crippen molar-refractivity contribution in [3.05, 3.63) is 45.8 Å². The van der Waals surface area contributed by atoms with Crippen LogP contribution in [0.1, 0.15) is 64.1 Å². The highest BCUT2D eigenvalue weighted by atomic mass is 16.5. The van der Waals surface area contributed by atoms with Crippen LogP contribution in [0.5, 0.6) is 0 Å². The van der Waals surface area contributed by atoms with Crippen LogP contribution in [-0.4, -0.2) is 32.9 Å². The summed E-state index contributed by atoms with van der Waals surface area (Å²) in [6, 6.07) is 3.54. The lowest BCUT2D eigenvalue weighted by Gasteiger charge is -2.17. The number of esters is 1. The zero-order chi connectivity index (χ0) is 19.6. The van der Waals surface area contributed by atoms with Crippen LogP contribution in [0.2, 0.25) is 0 Å². The third-order valence-corrected chi connectivity index (χ3v) is 5.07. The monoisotopic (exact) mass is 374 g/mol. The van der Waals surface area contributed by atoms with Crippen LogP contribution in [0.15, 0.2) is 12.1 Å². The standard InChI is InChI=1S/C20H26N2O5/c1-2-27-20(26)19-17(11-3-4-11)18(16(7-21)22-19)13-6-5-12(8-23)14(9-24)15(13)10-25/h5-6,11,22-25H,2-4,7-10,21H2,1H3. The summed E-state index contributed by atoms with van der Waals surface area (Å²) in [6.45, 7) is 1.39. The molecule has 0 bridgehead atoms. The molecule has 0 radical (unpaired) electrons. The number of hydrogen-bond donors (Lipinski definition) is 5. The molecule has 1 fully saturated rings. The van der Waals surface area contributed by atoms with Gasteiger partial charge in [0.1, 0.15) is 5.69 Å². The SMILES string of the molecule is CCOC(=O)c1[nH]c(CN)c(-c2ccc(CO)c(CO)c2CO)c1C1CC1. The molecule has 0 atom stereocenters. The van der Waals surface area contributed by atoms with E-state index in [1.165, 1.54) is 0 Å². The van der Waals surface area contributed by atoms with E-state index >= 15 is 0 Å². The Morgan fingerprint density at radius 3 is 2.41 bits per heavy atom. The molecule has 6 N–H and O–H groups in total. The van der Waals surface area contributed by atoms with Gasteiger partial charge >= 0.3 is 5.97 Å². The number of hydrogen-bond acceptors (Lipinski definition) is 6. The molecule has 1 saturated carbocycles. The fourth-order valence-electron chi connectivity index (χ4n) is 3.67. The largest absolute Gasteiger partial charge is 0.461 e. The highest BCUT2D eigenvalue weighted by molar-refractivity contribution is 5.94. The number of nitrogens with two attached hydrogens (primary N) is 1. The number of benzene rings is 1. The Hall–Kier alpha value is -2.19. The molecule has 0 spiro atoms. The van der Waals surface area contributed by atoms with Crippen molar-refractivity contribution in [2.24, 2.45) is 5.73 Å². The maximum Gasteiger partial charge on any atom is 0.355 e. The van der Waals surface area contributed by atoms with Gasteiger partial charge in [0.25, 0.3) is 0 Å². The Balaban J connectivity index is 2.27. The second-order valence-electron chi connectivity index (χ2n) is 6.67. The van der Waals surface area contributed by atoms with Gasteiger partial charge in [-0.25, -0.2) is 4.79 Å². The molecule has 2 aromatic rings. The molecule has 0 aliphatic heterocycles. The Kier molecular flexibility index (Phi) is 5.96. The number of carbonyl (C=O) groups excluding carboxylic acids is 1. The van der Waals surface area contributed by atoms with E-state index < -0.39 is 5.97 Å². The van der Waals surface area contributed by atoms with E-state index in [1.807, 2.05) is 0 Å². The summed E-state index contributed by atoms with van der Waals surface area (Å²) < 4.78 is 5.20. The van der Waals surface area contributed by atoms with Gasteiger partial charge in [-0.15, -0.1) is 0 Å². The van der Waals surface area contributed by atoms with Crippen LogP contribution in [0.4, 0.5) is 0 Å². The highest BCUT2D eigenvalue weighted by Crippen LogP contribution is 2.48. The van der Waals surface area contributed by atoms with Crippen LogP contribution in [0, 0.1) is 0 Å². The summed E-state index contributed by atoms with van der Waals surface area (Å²) in [5.41, 5.74) is 11.0. The van der Waals surface area contributed by atoms with Crippen LogP contribution < -0.4 is 5.73 Å². The fraction of sp³-hybridized carbons (Fsp3) is 0.450. The number of nitrogens with one attached hydrogen (secondary N) is 1. The van der Waals surface area contributed by atoms with Crippen LogP contribution in [0.3, 0.4) is 0 Å². The van der Waals surface area contributed by atoms with Gasteiger partial charge in [-0.05, 0) is 53.5 Å². The number of aromatic nitrogens is 1. The van der Waals surface area contributed by atoms with Crippen molar-refractivity contribution in [2.75, 3.05) is 6.61 Å². The quantitative estimate of drug-likeness (QED) is 0.447. The van der Waals surface area contributed by atoms with Crippen molar-refractivity contribution in [2.45, 2.75) is 52.0 Å². The van der Waals surface area contributed by atoms with E-state index in [0.717, 1.165) is 24.0 Å². The molecule has 0 unspecified atom stereocenters. The highest BCUT2D eigenvalue weighted by Gasteiger charge is 2.35. The van der Waals surface area contributed by atoms with E-state index in [0.29, 0.717) is 33.6 Å². The van der Waals surface area contributed by atoms with Crippen molar-refractivity contribution in [1.82, 2.24) is 4.98 Å².